The number of carbonyl (C=O) groups is 1. The average molecular weight is 250 g/mol. The maximum Gasteiger partial charge on any atom is 0.307 e. The second kappa shape index (κ2) is 5.14. The second-order valence-corrected chi connectivity index (χ2v) is 4.50. The topological polar surface area (TPSA) is 42.4 Å². The zero-order valence-corrected chi connectivity index (χ0v) is 10.7. The molecule has 1 aromatic heterocycles. The maximum absolute atomic E-state index is 11.1. The van der Waals surface area contributed by atoms with E-state index in [4.69, 9.17) is 0 Å². The number of nitrogens with zero attached hydrogens (tertiary/aromatic N) is 2. The number of benzene rings is 1. The van der Waals surface area contributed by atoms with Crippen LogP contribution in [0.5, 0.6) is 0 Å². The van der Waals surface area contributed by atoms with Gasteiger partial charge in [0.1, 0.15) is 5.00 Å². The first-order valence-corrected chi connectivity index (χ1v) is 6.12. The number of hydrogen-bond donors (Lipinski definition) is 0. The first-order chi connectivity index (χ1) is 8.22. The molecule has 0 atom stereocenters. The van der Waals surface area contributed by atoms with Gasteiger partial charge in [-0.3, -0.25) is 4.79 Å². The molecule has 2 aromatic rings. The van der Waals surface area contributed by atoms with Gasteiger partial charge < -0.3 is 9.64 Å². The van der Waals surface area contributed by atoms with E-state index in [1.54, 1.807) is 0 Å². The lowest BCUT2D eigenvalue weighted by Gasteiger charge is -2.16. The predicted molar refractivity (Wildman–Crippen MR) is 69.5 cm³/mol. The van der Waals surface area contributed by atoms with Crippen molar-refractivity contribution in [2.24, 2.45) is 0 Å². The Hall–Kier alpha value is -1.62. The highest BCUT2D eigenvalue weighted by Crippen LogP contribution is 2.30. The van der Waals surface area contributed by atoms with Gasteiger partial charge in [-0.2, -0.15) is 4.37 Å². The highest BCUT2D eigenvalue weighted by Gasteiger charge is 2.11. The smallest absolute Gasteiger partial charge is 0.307 e. The van der Waals surface area contributed by atoms with Gasteiger partial charge in [0.05, 0.1) is 19.0 Å². The SMILES string of the molecule is COC(=O)CCN(C)c1snc2ccccc12. The number of rotatable bonds is 4. The van der Waals surface area contributed by atoms with Crippen LogP contribution in [-0.2, 0) is 9.53 Å². The van der Waals surface area contributed by atoms with Crippen LogP contribution in [0.4, 0.5) is 5.00 Å². The van der Waals surface area contributed by atoms with E-state index in [2.05, 4.69) is 9.11 Å². The van der Waals surface area contributed by atoms with E-state index < -0.39 is 0 Å². The highest BCUT2D eigenvalue weighted by molar-refractivity contribution is 7.11. The normalized spacial score (nSPS) is 10.5. The van der Waals surface area contributed by atoms with Crippen LogP contribution in [0.25, 0.3) is 10.9 Å². The third kappa shape index (κ3) is 2.55. The van der Waals surface area contributed by atoms with E-state index in [1.807, 2.05) is 36.2 Å². The zero-order chi connectivity index (χ0) is 12.3. The Bertz CT molecular complexity index is 524. The highest BCUT2D eigenvalue weighted by atomic mass is 32.1. The van der Waals surface area contributed by atoms with Crippen LogP contribution >= 0.6 is 11.5 Å². The van der Waals surface area contributed by atoms with Crippen LogP contribution < -0.4 is 4.90 Å². The standard InChI is InChI=1S/C12H14N2O2S/c1-14(8-7-11(15)16-2)12-9-5-3-4-6-10(9)13-17-12/h3-6H,7-8H2,1-2H3. The number of aromatic nitrogens is 1. The first kappa shape index (κ1) is 11.9. The number of hydrogen-bond acceptors (Lipinski definition) is 5. The van der Waals surface area contributed by atoms with Crippen molar-refractivity contribution in [3.05, 3.63) is 24.3 Å². The fraction of sp³-hybridized carbons (Fsp3) is 0.333. The Balaban J connectivity index is 2.13. The Labute approximate surface area is 104 Å². The zero-order valence-electron chi connectivity index (χ0n) is 9.84. The molecule has 4 nitrogen and oxygen atoms in total. The van der Waals surface area contributed by atoms with Gasteiger partial charge in [-0.1, -0.05) is 12.1 Å². The molecule has 17 heavy (non-hydrogen) atoms. The van der Waals surface area contributed by atoms with Gasteiger partial charge in [-0.15, -0.1) is 0 Å². The van der Waals surface area contributed by atoms with Gasteiger partial charge in [-0.05, 0) is 23.7 Å². The Morgan fingerprint density at radius 1 is 1.47 bits per heavy atom. The number of ether oxygens (including phenoxy) is 1. The minimum atomic E-state index is -0.189. The molecule has 0 amide bonds. The summed E-state index contributed by atoms with van der Waals surface area (Å²) in [5.41, 5.74) is 0.998. The summed E-state index contributed by atoms with van der Waals surface area (Å²) in [7, 11) is 3.37. The number of esters is 1. The molecule has 90 valence electrons. The quantitative estimate of drug-likeness (QED) is 0.781. The average Bonchev–Trinajstić information content (AvgIpc) is 2.79. The molecule has 0 aliphatic rings. The van der Waals surface area contributed by atoms with Crippen LogP contribution in [0.2, 0.25) is 0 Å². The lowest BCUT2D eigenvalue weighted by Crippen LogP contribution is -2.20. The summed E-state index contributed by atoms with van der Waals surface area (Å²) in [6.07, 6.45) is 0.388. The summed E-state index contributed by atoms with van der Waals surface area (Å²) in [5.74, 6) is -0.189. The molecule has 5 heteroatoms. The second-order valence-electron chi connectivity index (χ2n) is 3.75. The summed E-state index contributed by atoms with van der Waals surface area (Å²) in [6.45, 7) is 0.638. The van der Waals surface area contributed by atoms with Crippen molar-refractivity contribution in [1.29, 1.82) is 0 Å². The molecule has 0 radical (unpaired) electrons. The van der Waals surface area contributed by atoms with Crippen molar-refractivity contribution in [3.8, 4) is 0 Å². The van der Waals surface area contributed by atoms with E-state index in [0.717, 1.165) is 15.9 Å². The summed E-state index contributed by atoms with van der Waals surface area (Å²) < 4.78 is 9.00. The Morgan fingerprint density at radius 3 is 3.00 bits per heavy atom. The van der Waals surface area contributed by atoms with Gasteiger partial charge in [0.25, 0.3) is 0 Å². The summed E-state index contributed by atoms with van der Waals surface area (Å²) in [5, 5.41) is 2.22. The molecule has 0 fully saturated rings. The number of fused-ring (bicyclic) bond motifs is 1. The maximum atomic E-state index is 11.1. The number of methoxy groups -OCH3 is 1. The van der Waals surface area contributed by atoms with Crippen molar-refractivity contribution in [3.63, 3.8) is 0 Å². The van der Waals surface area contributed by atoms with Gasteiger partial charge >= 0.3 is 5.97 Å². The van der Waals surface area contributed by atoms with E-state index in [-0.39, 0.29) is 5.97 Å². The minimum Gasteiger partial charge on any atom is -0.469 e. The van der Waals surface area contributed by atoms with Crippen LogP contribution in [-0.4, -0.2) is 31.0 Å². The van der Waals surface area contributed by atoms with Gasteiger partial charge in [-0.25, -0.2) is 0 Å². The summed E-state index contributed by atoms with van der Waals surface area (Å²) in [6, 6.07) is 8.00. The third-order valence-electron chi connectivity index (χ3n) is 2.59. The lowest BCUT2D eigenvalue weighted by molar-refractivity contribution is -0.140. The molecular formula is C12H14N2O2S. The molecule has 0 spiro atoms. The third-order valence-corrected chi connectivity index (χ3v) is 3.58. The minimum absolute atomic E-state index is 0.189. The number of anilines is 1. The van der Waals surface area contributed by atoms with E-state index in [1.165, 1.54) is 18.6 Å². The van der Waals surface area contributed by atoms with E-state index in [0.29, 0.717) is 13.0 Å². The van der Waals surface area contributed by atoms with Crippen molar-refractivity contribution in [2.45, 2.75) is 6.42 Å². The molecule has 2 rings (SSSR count). The molecule has 0 saturated heterocycles. The van der Waals surface area contributed by atoms with Gasteiger partial charge in [0.15, 0.2) is 0 Å². The molecule has 0 N–H and O–H groups in total. The number of carbonyl (C=O) groups excluding carboxylic acids is 1. The van der Waals surface area contributed by atoms with E-state index in [9.17, 15) is 4.79 Å². The molecular weight excluding hydrogens is 236 g/mol. The fourth-order valence-electron chi connectivity index (χ4n) is 1.61. The lowest BCUT2D eigenvalue weighted by atomic mass is 10.2. The molecule has 1 heterocycles. The fourth-order valence-corrected chi connectivity index (χ4v) is 2.46. The van der Waals surface area contributed by atoms with Crippen LogP contribution in [0, 0.1) is 0 Å². The molecule has 1 aromatic carbocycles. The van der Waals surface area contributed by atoms with Crippen molar-refractivity contribution in [1.82, 2.24) is 4.37 Å². The molecule has 0 saturated carbocycles. The molecule has 0 unspecified atom stereocenters. The van der Waals surface area contributed by atoms with Crippen LogP contribution in [0.15, 0.2) is 24.3 Å². The monoisotopic (exact) mass is 250 g/mol. The van der Waals surface area contributed by atoms with Crippen molar-refractivity contribution in [2.75, 3.05) is 25.6 Å². The van der Waals surface area contributed by atoms with Crippen LogP contribution in [0.1, 0.15) is 6.42 Å². The van der Waals surface area contributed by atoms with Crippen LogP contribution in [0.3, 0.4) is 0 Å². The first-order valence-electron chi connectivity index (χ1n) is 5.34. The Morgan fingerprint density at radius 2 is 2.24 bits per heavy atom. The van der Waals surface area contributed by atoms with Gasteiger partial charge in [0, 0.05) is 19.0 Å². The van der Waals surface area contributed by atoms with Crippen molar-refractivity contribution < 1.29 is 9.53 Å². The predicted octanol–water partition coefficient (Wildman–Crippen LogP) is 2.30. The Kier molecular flexibility index (Phi) is 3.58. The van der Waals surface area contributed by atoms with E-state index >= 15 is 0 Å². The largest absolute Gasteiger partial charge is 0.469 e. The molecule has 0 aliphatic carbocycles. The summed E-state index contributed by atoms with van der Waals surface area (Å²) in [4.78, 5) is 13.1. The summed E-state index contributed by atoms with van der Waals surface area (Å²) >= 11 is 1.45. The molecule has 0 aliphatic heterocycles. The van der Waals surface area contributed by atoms with Gasteiger partial charge in [0.2, 0.25) is 0 Å². The molecule has 0 bridgehead atoms. The van der Waals surface area contributed by atoms with Crippen molar-refractivity contribution >= 4 is 33.4 Å².